The van der Waals surface area contributed by atoms with Gasteiger partial charge in [-0.15, -0.1) is 0 Å². The minimum Gasteiger partial charge on any atom is -0.467 e. The summed E-state index contributed by atoms with van der Waals surface area (Å²) < 4.78 is 5.11. The SMILES string of the molecule is O=C(CN1CCN(c2ccccn2)CC1)NC(=O)NCc1ccco1. The molecule has 0 aromatic carbocycles. The molecule has 0 bridgehead atoms. The largest absolute Gasteiger partial charge is 0.467 e. The topological polar surface area (TPSA) is 90.7 Å². The molecule has 2 aromatic heterocycles. The first-order valence-corrected chi connectivity index (χ1v) is 8.19. The lowest BCUT2D eigenvalue weighted by molar-refractivity contribution is -0.121. The van der Waals surface area contributed by atoms with Crippen LogP contribution in [-0.4, -0.2) is 54.5 Å². The Bertz CT molecular complexity index is 682. The Labute approximate surface area is 145 Å². The molecule has 132 valence electrons. The number of carbonyl (C=O) groups excluding carboxylic acids is 2. The van der Waals surface area contributed by atoms with Gasteiger partial charge in [0.2, 0.25) is 5.91 Å². The van der Waals surface area contributed by atoms with E-state index < -0.39 is 6.03 Å². The summed E-state index contributed by atoms with van der Waals surface area (Å²) in [6.45, 7) is 3.54. The first kappa shape index (κ1) is 17.0. The van der Waals surface area contributed by atoms with Gasteiger partial charge in [-0.05, 0) is 24.3 Å². The molecule has 1 saturated heterocycles. The molecule has 0 spiro atoms. The number of imide groups is 1. The van der Waals surface area contributed by atoms with Gasteiger partial charge in [-0.1, -0.05) is 6.07 Å². The van der Waals surface area contributed by atoms with Crippen molar-refractivity contribution in [1.29, 1.82) is 0 Å². The maximum absolute atomic E-state index is 12.0. The molecule has 1 aliphatic heterocycles. The van der Waals surface area contributed by atoms with Crippen LogP contribution in [0.25, 0.3) is 0 Å². The van der Waals surface area contributed by atoms with Gasteiger partial charge in [0.05, 0.1) is 19.4 Å². The van der Waals surface area contributed by atoms with E-state index in [2.05, 4.69) is 20.5 Å². The van der Waals surface area contributed by atoms with Crippen molar-refractivity contribution in [2.45, 2.75) is 6.54 Å². The summed E-state index contributed by atoms with van der Waals surface area (Å²) in [5.41, 5.74) is 0. The molecule has 1 fully saturated rings. The average Bonchev–Trinajstić information content (AvgIpc) is 3.15. The van der Waals surface area contributed by atoms with Gasteiger partial charge in [0.15, 0.2) is 0 Å². The number of piperazine rings is 1. The number of amides is 3. The highest BCUT2D eigenvalue weighted by Crippen LogP contribution is 2.12. The van der Waals surface area contributed by atoms with Gasteiger partial charge < -0.3 is 14.6 Å². The van der Waals surface area contributed by atoms with Crippen LogP contribution in [0.3, 0.4) is 0 Å². The van der Waals surface area contributed by atoms with Gasteiger partial charge in [0.25, 0.3) is 0 Å². The summed E-state index contributed by atoms with van der Waals surface area (Å²) in [5, 5.41) is 4.92. The molecular weight excluding hydrogens is 322 g/mol. The predicted octanol–water partition coefficient (Wildman–Crippen LogP) is 0.823. The van der Waals surface area contributed by atoms with Crippen LogP contribution in [0.2, 0.25) is 0 Å². The first-order chi connectivity index (χ1) is 12.2. The molecule has 8 heteroatoms. The number of anilines is 1. The summed E-state index contributed by atoms with van der Waals surface area (Å²) in [6.07, 6.45) is 3.31. The van der Waals surface area contributed by atoms with Crippen molar-refractivity contribution in [1.82, 2.24) is 20.5 Å². The highest BCUT2D eigenvalue weighted by Gasteiger charge is 2.20. The molecule has 1 aliphatic rings. The van der Waals surface area contributed by atoms with E-state index in [4.69, 9.17) is 4.42 Å². The lowest BCUT2D eigenvalue weighted by Crippen LogP contribution is -2.51. The van der Waals surface area contributed by atoms with Crippen LogP contribution in [-0.2, 0) is 11.3 Å². The zero-order chi connectivity index (χ0) is 17.5. The number of hydrogen-bond acceptors (Lipinski definition) is 6. The van der Waals surface area contributed by atoms with E-state index in [-0.39, 0.29) is 19.0 Å². The molecule has 8 nitrogen and oxygen atoms in total. The number of carbonyl (C=O) groups is 2. The second-order valence-electron chi connectivity index (χ2n) is 5.76. The van der Waals surface area contributed by atoms with Crippen molar-refractivity contribution in [3.8, 4) is 0 Å². The van der Waals surface area contributed by atoms with Crippen molar-refractivity contribution < 1.29 is 14.0 Å². The zero-order valence-electron chi connectivity index (χ0n) is 13.9. The monoisotopic (exact) mass is 343 g/mol. The second-order valence-corrected chi connectivity index (χ2v) is 5.76. The van der Waals surface area contributed by atoms with Crippen molar-refractivity contribution in [2.24, 2.45) is 0 Å². The quantitative estimate of drug-likeness (QED) is 0.835. The van der Waals surface area contributed by atoms with Crippen molar-refractivity contribution in [2.75, 3.05) is 37.6 Å². The fraction of sp³-hybridized carbons (Fsp3) is 0.353. The third-order valence-electron chi connectivity index (χ3n) is 3.97. The molecule has 2 N–H and O–H groups in total. The normalized spacial score (nSPS) is 15.0. The lowest BCUT2D eigenvalue weighted by Gasteiger charge is -2.34. The Morgan fingerprint density at radius 2 is 1.96 bits per heavy atom. The van der Waals surface area contributed by atoms with Gasteiger partial charge in [0.1, 0.15) is 11.6 Å². The Balaban J connectivity index is 1.36. The standard InChI is InChI=1S/C17H21N5O3/c23-16(20-17(24)19-12-14-4-3-11-25-14)13-21-7-9-22(10-8-21)15-5-1-2-6-18-15/h1-6,11H,7-10,12-13H2,(H2,19,20,23,24). The molecule has 0 unspecified atom stereocenters. The van der Waals surface area contributed by atoms with Gasteiger partial charge in [-0.3, -0.25) is 15.0 Å². The summed E-state index contributed by atoms with van der Waals surface area (Å²) in [5.74, 6) is 1.26. The van der Waals surface area contributed by atoms with Gasteiger partial charge in [-0.2, -0.15) is 0 Å². The Morgan fingerprint density at radius 3 is 2.64 bits per heavy atom. The van der Waals surface area contributed by atoms with E-state index in [1.54, 1.807) is 18.3 Å². The lowest BCUT2D eigenvalue weighted by atomic mass is 10.3. The Morgan fingerprint density at radius 1 is 1.12 bits per heavy atom. The highest BCUT2D eigenvalue weighted by molar-refractivity contribution is 5.95. The van der Waals surface area contributed by atoms with E-state index in [9.17, 15) is 9.59 Å². The zero-order valence-corrected chi connectivity index (χ0v) is 13.9. The van der Waals surface area contributed by atoms with E-state index in [1.807, 2.05) is 23.1 Å². The molecule has 0 radical (unpaired) electrons. The van der Waals surface area contributed by atoms with Crippen molar-refractivity contribution >= 4 is 17.8 Å². The fourth-order valence-corrected chi connectivity index (χ4v) is 2.67. The minimum absolute atomic E-state index is 0.199. The number of nitrogens with one attached hydrogen (secondary N) is 2. The van der Waals surface area contributed by atoms with E-state index in [0.29, 0.717) is 5.76 Å². The molecule has 2 aromatic rings. The van der Waals surface area contributed by atoms with Gasteiger partial charge in [0, 0.05) is 32.4 Å². The summed E-state index contributed by atoms with van der Waals surface area (Å²) in [6, 6.07) is 8.80. The number of furan rings is 1. The van der Waals surface area contributed by atoms with Gasteiger partial charge >= 0.3 is 6.03 Å². The van der Waals surface area contributed by atoms with Crippen LogP contribution in [0.4, 0.5) is 10.6 Å². The number of aromatic nitrogens is 1. The number of rotatable bonds is 5. The summed E-state index contributed by atoms with van der Waals surface area (Å²) in [4.78, 5) is 32.2. The van der Waals surface area contributed by atoms with Crippen LogP contribution in [0, 0.1) is 0 Å². The second kappa shape index (κ2) is 8.29. The van der Waals surface area contributed by atoms with Crippen molar-refractivity contribution in [3.05, 3.63) is 48.6 Å². The minimum atomic E-state index is -0.520. The first-order valence-electron chi connectivity index (χ1n) is 8.19. The molecule has 3 rings (SSSR count). The maximum atomic E-state index is 12.0. The molecule has 0 atom stereocenters. The molecule has 25 heavy (non-hydrogen) atoms. The molecule has 3 heterocycles. The number of urea groups is 1. The number of hydrogen-bond donors (Lipinski definition) is 2. The average molecular weight is 343 g/mol. The van der Waals surface area contributed by atoms with E-state index in [0.717, 1.165) is 32.0 Å². The Kier molecular flexibility index (Phi) is 5.63. The summed E-state index contributed by atoms with van der Waals surface area (Å²) >= 11 is 0. The molecule has 0 saturated carbocycles. The number of pyridine rings is 1. The molecule has 0 aliphatic carbocycles. The van der Waals surface area contributed by atoms with Crippen LogP contribution in [0.15, 0.2) is 47.2 Å². The van der Waals surface area contributed by atoms with E-state index >= 15 is 0 Å². The van der Waals surface area contributed by atoms with Crippen LogP contribution in [0.1, 0.15) is 5.76 Å². The third-order valence-corrected chi connectivity index (χ3v) is 3.97. The third kappa shape index (κ3) is 5.05. The highest BCUT2D eigenvalue weighted by atomic mass is 16.3. The maximum Gasteiger partial charge on any atom is 0.321 e. The fourth-order valence-electron chi connectivity index (χ4n) is 2.67. The van der Waals surface area contributed by atoms with Crippen LogP contribution < -0.4 is 15.5 Å². The van der Waals surface area contributed by atoms with Crippen molar-refractivity contribution in [3.63, 3.8) is 0 Å². The number of nitrogens with zero attached hydrogens (tertiary/aromatic N) is 3. The predicted molar refractivity (Wildman–Crippen MR) is 92.0 cm³/mol. The van der Waals surface area contributed by atoms with Gasteiger partial charge in [-0.25, -0.2) is 9.78 Å². The molecule has 3 amide bonds. The molecular formula is C17H21N5O3. The van der Waals surface area contributed by atoms with Crippen LogP contribution in [0.5, 0.6) is 0 Å². The summed E-state index contributed by atoms with van der Waals surface area (Å²) in [7, 11) is 0. The smallest absolute Gasteiger partial charge is 0.321 e. The Hall–Kier alpha value is -2.87. The van der Waals surface area contributed by atoms with E-state index in [1.165, 1.54) is 6.26 Å². The van der Waals surface area contributed by atoms with Crippen LogP contribution >= 0.6 is 0 Å².